The van der Waals surface area contributed by atoms with Gasteiger partial charge in [0.1, 0.15) is 5.60 Å². The molecule has 1 aliphatic rings. The first-order valence-electron chi connectivity index (χ1n) is 8.81. The van der Waals surface area contributed by atoms with Crippen molar-refractivity contribution in [2.45, 2.75) is 52.2 Å². The molecule has 0 aliphatic carbocycles. The number of nitrogens with zero attached hydrogens (tertiary/aromatic N) is 2. The van der Waals surface area contributed by atoms with Crippen LogP contribution in [0.15, 0.2) is 24.3 Å². The molecule has 1 amide bonds. The number of amides is 1. The Morgan fingerprint density at radius 1 is 1.25 bits per heavy atom. The number of piperazine rings is 1. The third kappa shape index (κ3) is 5.71. The molecule has 24 heavy (non-hydrogen) atoms. The molecule has 1 saturated heterocycles. The molecule has 0 saturated carbocycles. The zero-order valence-corrected chi connectivity index (χ0v) is 15.4. The van der Waals surface area contributed by atoms with E-state index in [2.05, 4.69) is 24.0 Å². The number of rotatable bonds is 4. The number of anilines is 1. The molecule has 5 nitrogen and oxygen atoms in total. The molecule has 0 radical (unpaired) electrons. The Bertz CT molecular complexity index is 537. The van der Waals surface area contributed by atoms with Gasteiger partial charge in [0.2, 0.25) is 0 Å². The maximum atomic E-state index is 12.2. The zero-order valence-electron chi connectivity index (χ0n) is 15.4. The van der Waals surface area contributed by atoms with Gasteiger partial charge < -0.3 is 15.4 Å². The largest absolute Gasteiger partial charge is 0.444 e. The predicted molar refractivity (Wildman–Crippen MR) is 98.0 cm³/mol. The minimum absolute atomic E-state index is 0.185. The standard InChI is InChI=1S/C19H31N3O2/c1-15-14-21(11-5-6-16-7-9-17(20)10-8-16)12-13-22(15)18(23)24-19(2,3)4/h7-10,15H,5-6,11-14,20H2,1-4H3/t15-/m1/s1. The highest BCUT2D eigenvalue weighted by atomic mass is 16.6. The molecule has 1 aromatic carbocycles. The topological polar surface area (TPSA) is 58.8 Å². The lowest BCUT2D eigenvalue weighted by molar-refractivity contribution is 0.00142. The monoisotopic (exact) mass is 333 g/mol. The van der Waals surface area contributed by atoms with Crippen LogP contribution in [-0.4, -0.2) is 53.7 Å². The smallest absolute Gasteiger partial charge is 0.410 e. The summed E-state index contributed by atoms with van der Waals surface area (Å²) in [6, 6.07) is 8.29. The van der Waals surface area contributed by atoms with Crippen molar-refractivity contribution in [1.82, 2.24) is 9.80 Å². The van der Waals surface area contributed by atoms with Crippen LogP contribution in [-0.2, 0) is 11.2 Å². The maximum Gasteiger partial charge on any atom is 0.410 e. The van der Waals surface area contributed by atoms with Crippen LogP contribution >= 0.6 is 0 Å². The lowest BCUT2D eigenvalue weighted by Gasteiger charge is -2.40. The molecule has 0 aromatic heterocycles. The average Bonchev–Trinajstić information content (AvgIpc) is 2.47. The number of benzene rings is 1. The second-order valence-corrected chi connectivity index (χ2v) is 7.67. The van der Waals surface area contributed by atoms with Crippen molar-refractivity contribution in [3.05, 3.63) is 29.8 Å². The van der Waals surface area contributed by atoms with Gasteiger partial charge in [-0.2, -0.15) is 0 Å². The molecule has 1 atom stereocenters. The van der Waals surface area contributed by atoms with Gasteiger partial charge in [0.25, 0.3) is 0 Å². The van der Waals surface area contributed by atoms with Crippen LogP contribution in [0.3, 0.4) is 0 Å². The van der Waals surface area contributed by atoms with Gasteiger partial charge >= 0.3 is 6.09 Å². The molecular weight excluding hydrogens is 302 g/mol. The van der Waals surface area contributed by atoms with Gasteiger partial charge in [-0.1, -0.05) is 12.1 Å². The Morgan fingerprint density at radius 3 is 2.50 bits per heavy atom. The summed E-state index contributed by atoms with van der Waals surface area (Å²) in [5.74, 6) is 0. The van der Waals surface area contributed by atoms with Crippen LogP contribution in [0.4, 0.5) is 10.5 Å². The second-order valence-electron chi connectivity index (χ2n) is 7.67. The van der Waals surface area contributed by atoms with E-state index in [-0.39, 0.29) is 12.1 Å². The number of nitrogen functional groups attached to an aromatic ring is 1. The van der Waals surface area contributed by atoms with Crippen molar-refractivity contribution in [2.24, 2.45) is 0 Å². The van der Waals surface area contributed by atoms with E-state index in [0.29, 0.717) is 0 Å². The first-order chi connectivity index (χ1) is 11.2. The molecule has 134 valence electrons. The quantitative estimate of drug-likeness (QED) is 0.860. The first-order valence-corrected chi connectivity index (χ1v) is 8.81. The number of carbonyl (C=O) groups excluding carboxylic acids is 1. The van der Waals surface area contributed by atoms with Crippen LogP contribution in [0.5, 0.6) is 0 Å². The van der Waals surface area contributed by atoms with Gasteiger partial charge in [0.15, 0.2) is 0 Å². The van der Waals surface area contributed by atoms with Crippen molar-refractivity contribution in [3.63, 3.8) is 0 Å². The van der Waals surface area contributed by atoms with Crippen LogP contribution in [0.2, 0.25) is 0 Å². The van der Waals surface area contributed by atoms with Gasteiger partial charge in [-0.15, -0.1) is 0 Å². The van der Waals surface area contributed by atoms with Crippen LogP contribution in [0.25, 0.3) is 0 Å². The summed E-state index contributed by atoms with van der Waals surface area (Å²) in [4.78, 5) is 16.5. The molecule has 2 rings (SSSR count). The lowest BCUT2D eigenvalue weighted by Crippen LogP contribution is -2.55. The SMILES string of the molecule is C[C@@H]1CN(CCCc2ccc(N)cc2)CCN1C(=O)OC(C)(C)C. The lowest BCUT2D eigenvalue weighted by atomic mass is 10.1. The van der Waals surface area contributed by atoms with Crippen molar-refractivity contribution < 1.29 is 9.53 Å². The summed E-state index contributed by atoms with van der Waals surface area (Å²) in [6.07, 6.45) is 1.97. The minimum Gasteiger partial charge on any atom is -0.444 e. The van der Waals surface area contributed by atoms with Crippen molar-refractivity contribution >= 4 is 11.8 Å². The van der Waals surface area contributed by atoms with Crippen LogP contribution in [0.1, 0.15) is 39.7 Å². The van der Waals surface area contributed by atoms with E-state index in [9.17, 15) is 4.79 Å². The van der Waals surface area contributed by atoms with Gasteiger partial charge in [0, 0.05) is 31.4 Å². The zero-order chi connectivity index (χ0) is 17.7. The van der Waals surface area contributed by atoms with E-state index in [4.69, 9.17) is 10.5 Å². The van der Waals surface area contributed by atoms with Crippen LogP contribution in [0, 0.1) is 0 Å². The third-order valence-corrected chi connectivity index (χ3v) is 4.26. The van der Waals surface area contributed by atoms with E-state index in [1.807, 2.05) is 37.8 Å². The van der Waals surface area contributed by atoms with E-state index >= 15 is 0 Å². The van der Waals surface area contributed by atoms with Gasteiger partial charge in [-0.3, -0.25) is 4.90 Å². The van der Waals surface area contributed by atoms with Crippen LogP contribution < -0.4 is 5.73 Å². The number of nitrogens with two attached hydrogens (primary N) is 1. The predicted octanol–water partition coefficient (Wildman–Crippen LogP) is 3.14. The summed E-state index contributed by atoms with van der Waals surface area (Å²) in [5.41, 5.74) is 7.41. The van der Waals surface area contributed by atoms with Crippen molar-refractivity contribution in [2.75, 3.05) is 31.9 Å². The van der Waals surface area contributed by atoms with E-state index in [1.54, 1.807) is 0 Å². The Hall–Kier alpha value is -1.75. The first kappa shape index (κ1) is 18.6. The van der Waals surface area contributed by atoms with Crippen molar-refractivity contribution in [1.29, 1.82) is 0 Å². The highest BCUT2D eigenvalue weighted by Gasteiger charge is 2.30. The maximum absolute atomic E-state index is 12.2. The van der Waals surface area contributed by atoms with E-state index in [1.165, 1.54) is 5.56 Å². The molecular formula is C19H31N3O2. The Labute approximate surface area is 145 Å². The fourth-order valence-electron chi connectivity index (χ4n) is 3.02. The number of aryl methyl sites for hydroxylation is 1. The molecule has 0 bridgehead atoms. The third-order valence-electron chi connectivity index (χ3n) is 4.26. The molecule has 0 unspecified atom stereocenters. The number of hydrogen-bond acceptors (Lipinski definition) is 4. The molecule has 0 spiro atoms. The average molecular weight is 333 g/mol. The van der Waals surface area contributed by atoms with E-state index < -0.39 is 5.60 Å². The number of ether oxygens (including phenoxy) is 1. The summed E-state index contributed by atoms with van der Waals surface area (Å²) in [5, 5.41) is 0. The molecule has 1 aromatic rings. The number of hydrogen-bond donors (Lipinski definition) is 1. The molecule has 2 N–H and O–H groups in total. The summed E-state index contributed by atoms with van der Waals surface area (Å²) in [6.45, 7) is 11.4. The highest BCUT2D eigenvalue weighted by molar-refractivity contribution is 5.68. The number of carbonyl (C=O) groups is 1. The summed E-state index contributed by atoms with van der Waals surface area (Å²) in [7, 11) is 0. The fraction of sp³-hybridized carbons (Fsp3) is 0.632. The Balaban J connectivity index is 1.74. The van der Waals surface area contributed by atoms with E-state index in [0.717, 1.165) is 44.7 Å². The summed E-state index contributed by atoms with van der Waals surface area (Å²) >= 11 is 0. The van der Waals surface area contributed by atoms with Gasteiger partial charge in [-0.25, -0.2) is 4.79 Å². The second kappa shape index (κ2) is 7.88. The molecule has 1 aliphatic heterocycles. The fourth-order valence-corrected chi connectivity index (χ4v) is 3.02. The Kier molecular flexibility index (Phi) is 6.10. The van der Waals surface area contributed by atoms with Gasteiger partial charge in [0.05, 0.1) is 0 Å². The normalized spacial score (nSPS) is 19.3. The molecule has 1 fully saturated rings. The summed E-state index contributed by atoms with van der Waals surface area (Å²) < 4.78 is 5.49. The minimum atomic E-state index is -0.437. The van der Waals surface area contributed by atoms with Crippen molar-refractivity contribution in [3.8, 4) is 0 Å². The molecule has 1 heterocycles. The molecule has 5 heteroatoms. The Morgan fingerprint density at radius 2 is 1.92 bits per heavy atom. The highest BCUT2D eigenvalue weighted by Crippen LogP contribution is 2.16. The van der Waals surface area contributed by atoms with Gasteiger partial charge in [-0.05, 0) is 64.8 Å².